The highest BCUT2D eigenvalue weighted by Crippen LogP contribution is 2.09. The number of hydrogen-bond acceptors (Lipinski definition) is 7. The van der Waals surface area contributed by atoms with Crippen molar-refractivity contribution in [3.05, 3.63) is 0 Å². The average Bonchev–Trinajstić information content (AvgIpc) is 2.73. The number of carbonyl (C=O) groups is 6. The van der Waals surface area contributed by atoms with Gasteiger partial charge in [-0.25, -0.2) is 4.79 Å². The molecule has 194 valence electrons. The van der Waals surface area contributed by atoms with Gasteiger partial charge >= 0.3 is 17.9 Å². The highest BCUT2D eigenvalue weighted by molar-refractivity contribution is 5.95. The van der Waals surface area contributed by atoms with E-state index in [1.165, 1.54) is 0 Å². The van der Waals surface area contributed by atoms with Crippen molar-refractivity contribution in [1.82, 2.24) is 16.0 Å². The number of carbonyl (C=O) groups excluding carboxylic acids is 3. The van der Waals surface area contributed by atoms with Gasteiger partial charge in [-0.2, -0.15) is 0 Å². The van der Waals surface area contributed by atoms with Crippen molar-refractivity contribution in [2.24, 2.45) is 17.6 Å². The average molecular weight is 489 g/mol. The summed E-state index contributed by atoms with van der Waals surface area (Å²) in [5.41, 5.74) is 5.86. The van der Waals surface area contributed by atoms with E-state index in [0.717, 1.165) is 0 Å². The normalized spacial score (nSPS) is 15.4. The van der Waals surface area contributed by atoms with Gasteiger partial charge in [0.2, 0.25) is 17.7 Å². The number of carboxylic acids is 3. The molecule has 13 nitrogen and oxygen atoms in total. The molecule has 0 aromatic heterocycles. The highest BCUT2D eigenvalue weighted by Gasteiger charge is 2.32. The predicted molar refractivity (Wildman–Crippen MR) is 119 cm³/mol. The summed E-state index contributed by atoms with van der Waals surface area (Å²) in [6, 6.07) is -5.35. The lowest BCUT2D eigenvalue weighted by Crippen LogP contribution is -2.58. The minimum atomic E-state index is -1.66. The molecular formula is C21H36N4O9. The van der Waals surface area contributed by atoms with Crippen molar-refractivity contribution in [1.29, 1.82) is 0 Å². The lowest BCUT2D eigenvalue weighted by atomic mass is 9.98. The molecule has 0 aliphatic rings. The molecule has 0 saturated heterocycles. The van der Waals surface area contributed by atoms with E-state index in [4.69, 9.17) is 15.9 Å². The van der Waals surface area contributed by atoms with Crippen LogP contribution in [0.3, 0.4) is 0 Å². The predicted octanol–water partition coefficient (Wildman–Crippen LogP) is -0.716. The van der Waals surface area contributed by atoms with Gasteiger partial charge in [-0.3, -0.25) is 24.0 Å². The third kappa shape index (κ3) is 11.6. The fourth-order valence-corrected chi connectivity index (χ4v) is 2.94. The maximum Gasteiger partial charge on any atom is 0.326 e. The summed E-state index contributed by atoms with van der Waals surface area (Å²) in [5.74, 6) is -7.08. The number of aliphatic carboxylic acids is 3. The van der Waals surface area contributed by atoms with Crippen molar-refractivity contribution in [2.45, 2.75) is 84.0 Å². The van der Waals surface area contributed by atoms with Crippen molar-refractivity contribution < 1.29 is 44.1 Å². The second kappa shape index (κ2) is 14.8. The molecule has 0 aliphatic carbocycles. The van der Waals surface area contributed by atoms with Crippen LogP contribution in [0.5, 0.6) is 0 Å². The van der Waals surface area contributed by atoms with E-state index < -0.39 is 72.6 Å². The molecular weight excluding hydrogens is 452 g/mol. The number of carboxylic acid groups (broad SMARTS) is 3. The van der Waals surface area contributed by atoms with Crippen LogP contribution in [-0.2, 0) is 28.8 Å². The molecule has 0 aromatic rings. The van der Waals surface area contributed by atoms with Crippen LogP contribution in [0.1, 0.15) is 59.8 Å². The molecule has 34 heavy (non-hydrogen) atoms. The minimum absolute atomic E-state index is 0.0691. The van der Waals surface area contributed by atoms with Crippen LogP contribution in [0.4, 0.5) is 0 Å². The maximum atomic E-state index is 12.8. The summed E-state index contributed by atoms with van der Waals surface area (Å²) in [4.78, 5) is 71.5. The van der Waals surface area contributed by atoms with Crippen LogP contribution in [0, 0.1) is 11.8 Å². The van der Waals surface area contributed by atoms with E-state index in [-0.39, 0.29) is 24.7 Å². The van der Waals surface area contributed by atoms with E-state index in [0.29, 0.717) is 6.42 Å². The molecule has 0 spiro atoms. The van der Waals surface area contributed by atoms with Gasteiger partial charge in [0, 0.05) is 6.42 Å². The standard InChI is InChI=1S/C21H36N4O9/c1-5-11(4)17(22)20(32)23-12(6-7-15(26)27)18(30)24-13(9-16(28)29)19(31)25-14(21(33)34)8-10(2)3/h10-14,17H,5-9,22H2,1-4H3,(H,23,32)(H,24,30)(H,25,31)(H,26,27)(H,28,29)(H,33,34)/t11-,12-,13-,14-,17-/m0/s1. The zero-order chi connectivity index (χ0) is 26.6. The van der Waals surface area contributed by atoms with Crippen LogP contribution < -0.4 is 21.7 Å². The molecule has 0 saturated carbocycles. The second-order valence-electron chi connectivity index (χ2n) is 8.59. The number of rotatable bonds is 16. The quantitative estimate of drug-likeness (QED) is 0.144. The molecule has 0 aromatic carbocycles. The molecule has 5 atom stereocenters. The fourth-order valence-electron chi connectivity index (χ4n) is 2.94. The summed E-state index contributed by atoms with van der Waals surface area (Å²) in [6.45, 7) is 7.00. The fraction of sp³-hybridized carbons (Fsp3) is 0.714. The summed E-state index contributed by atoms with van der Waals surface area (Å²) >= 11 is 0. The van der Waals surface area contributed by atoms with Crippen LogP contribution in [0.25, 0.3) is 0 Å². The Kier molecular flexibility index (Phi) is 13.4. The number of amides is 3. The molecule has 0 radical (unpaired) electrons. The molecule has 0 fully saturated rings. The molecule has 0 aliphatic heterocycles. The van der Waals surface area contributed by atoms with Gasteiger partial charge in [0.25, 0.3) is 0 Å². The first-order valence-electron chi connectivity index (χ1n) is 11.0. The van der Waals surface area contributed by atoms with Crippen LogP contribution >= 0.6 is 0 Å². The van der Waals surface area contributed by atoms with Gasteiger partial charge in [0.1, 0.15) is 18.1 Å². The third-order valence-corrected chi connectivity index (χ3v) is 5.17. The molecule has 0 bridgehead atoms. The number of nitrogens with two attached hydrogens (primary N) is 1. The van der Waals surface area contributed by atoms with Crippen molar-refractivity contribution >= 4 is 35.6 Å². The Morgan fingerprint density at radius 1 is 0.765 bits per heavy atom. The molecule has 8 N–H and O–H groups in total. The van der Waals surface area contributed by atoms with Crippen LogP contribution in [0.15, 0.2) is 0 Å². The van der Waals surface area contributed by atoms with Crippen molar-refractivity contribution in [3.63, 3.8) is 0 Å². The van der Waals surface area contributed by atoms with E-state index in [1.807, 2.05) is 6.92 Å². The first-order chi connectivity index (χ1) is 15.7. The summed E-state index contributed by atoms with van der Waals surface area (Å²) < 4.78 is 0. The molecule has 0 unspecified atom stereocenters. The SMILES string of the molecule is CC[C@H](C)[C@H](N)C(=O)N[C@@H](CCC(=O)O)C(=O)N[C@@H](CC(=O)O)C(=O)N[C@@H](CC(C)C)C(=O)O. The molecule has 3 amide bonds. The monoisotopic (exact) mass is 488 g/mol. The Balaban J connectivity index is 5.62. The van der Waals surface area contributed by atoms with Gasteiger partial charge in [-0.05, 0) is 24.7 Å². The first kappa shape index (κ1) is 30.8. The Morgan fingerprint density at radius 3 is 1.71 bits per heavy atom. The molecule has 13 heteroatoms. The van der Waals surface area contributed by atoms with Gasteiger partial charge in [-0.1, -0.05) is 34.1 Å². The van der Waals surface area contributed by atoms with Gasteiger partial charge in [-0.15, -0.1) is 0 Å². The maximum absolute atomic E-state index is 12.8. The Morgan fingerprint density at radius 2 is 1.26 bits per heavy atom. The zero-order valence-corrected chi connectivity index (χ0v) is 19.9. The largest absolute Gasteiger partial charge is 0.481 e. The first-order valence-corrected chi connectivity index (χ1v) is 11.0. The molecule has 0 rings (SSSR count). The van der Waals surface area contributed by atoms with Gasteiger partial charge in [0.15, 0.2) is 0 Å². The zero-order valence-electron chi connectivity index (χ0n) is 19.9. The van der Waals surface area contributed by atoms with Crippen LogP contribution in [0.2, 0.25) is 0 Å². The van der Waals surface area contributed by atoms with E-state index in [9.17, 15) is 33.9 Å². The van der Waals surface area contributed by atoms with E-state index in [2.05, 4.69) is 16.0 Å². The lowest BCUT2D eigenvalue weighted by molar-refractivity contribution is -0.144. The Bertz CT molecular complexity index is 757. The van der Waals surface area contributed by atoms with Crippen LogP contribution in [-0.4, -0.2) is 75.1 Å². The second-order valence-corrected chi connectivity index (χ2v) is 8.59. The highest BCUT2D eigenvalue weighted by atomic mass is 16.4. The minimum Gasteiger partial charge on any atom is -0.481 e. The Labute approximate surface area is 197 Å². The summed E-state index contributed by atoms with van der Waals surface area (Å²) in [5, 5.41) is 34.2. The third-order valence-electron chi connectivity index (χ3n) is 5.17. The topological polar surface area (TPSA) is 225 Å². The number of hydrogen-bond donors (Lipinski definition) is 7. The van der Waals surface area contributed by atoms with E-state index in [1.54, 1.807) is 20.8 Å². The molecule has 0 heterocycles. The Hall–Kier alpha value is -3.22. The van der Waals surface area contributed by atoms with Gasteiger partial charge < -0.3 is 37.0 Å². The van der Waals surface area contributed by atoms with Crippen molar-refractivity contribution in [2.75, 3.05) is 0 Å². The summed E-state index contributed by atoms with van der Waals surface area (Å²) in [6.07, 6.45) is -1.06. The van der Waals surface area contributed by atoms with Gasteiger partial charge in [0.05, 0.1) is 12.5 Å². The van der Waals surface area contributed by atoms with E-state index >= 15 is 0 Å². The smallest absolute Gasteiger partial charge is 0.326 e. The lowest BCUT2D eigenvalue weighted by Gasteiger charge is -2.25. The van der Waals surface area contributed by atoms with Crippen molar-refractivity contribution in [3.8, 4) is 0 Å². The summed E-state index contributed by atoms with van der Waals surface area (Å²) in [7, 11) is 0. The number of nitrogens with one attached hydrogen (secondary N) is 3.